The highest BCUT2D eigenvalue weighted by Crippen LogP contribution is 2.37. The molecule has 1 aromatic carbocycles. The maximum absolute atomic E-state index is 11.8. The van der Waals surface area contributed by atoms with Crippen LogP contribution >= 0.6 is 35.0 Å². The molecule has 0 amide bonds. The highest BCUT2D eigenvalue weighted by atomic mass is 35.5. The van der Waals surface area contributed by atoms with Crippen molar-refractivity contribution in [1.29, 1.82) is 0 Å². The number of halogens is 2. The van der Waals surface area contributed by atoms with Gasteiger partial charge in [-0.1, -0.05) is 29.3 Å². The zero-order chi connectivity index (χ0) is 15.0. The van der Waals surface area contributed by atoms with Gasteiger partial charge < -0.3 is 4.57 Å². The number of hydrogen-bond acceptors (Lipinski definition) is 2. The molecule has 0 radical (unpaired) electrons. The van der Waals surface area contributed by atoms with Gasteiger partial charge in [0.25, 0.3) is 0 Å². The summed E-state index contributed by atoms with van der Waals surface area (Å²) in [7, 11) is 0. The Morgan fingerprint density at radius 3 is 2.76 bits per heavy atom. The van der Waals surface area contributed by atoms with Gasteiger partial charge in [-0.2, -0.15) is 11.8 Å². The minimum atomic E-state index is 0.0820. The van der Waals surface area contributed by atoms with E-state index >= 15 is 0 Å². The average Bonchev–Trinajstić information content (AvgIpc) is 2.64. The van der Waals surface area contributed by atoms with Crippen molar-refractivity contribution in [2.24, 2.45) is 0 Å². The fraction of sp³-hybridized carbons (Fsp3) is 0.312. The number of aryl methyl sites for hydroxylation is 1. The van der Waals surface area contributed by atoms with Crippen LogP contribution in [0.2, 0.25) is 10.0 Å². The summed E-state index contributed by atoms with van der Waals surface area (Å²) >= 11 is 14.0. The molecule has 0 saturated heterocycles. The van der Waals surface area contributed by atoms with E-state index in [9.17, 15) is 4.79 Å². The second-order valence-corrected chi connectivity index (χ2v) is 7.34. The maximum atomic E-state index is 11.8. The molecule has 1 unspecified atom stereocenters. The van der Waals surface area contributed by atoms with Crippen molar-refractivity contribution in [3.05, 3.63) is 67.6 Å². The second kappa shape index (κ2) is 6.07. The zero-order valence-corrected chi connectivity index (χ0v) is 13.9. The third-order valence-electron chi connectivity index (χ3n) is 3.78. The van der Waals surface area contributed by atoms with Crippen LogP contribution < -0.4 is 5.43 Å². The van der Waals surface area contributed by atoms with Crippen LogP contribution in [-0.2, 0) is 13.0 Å². The molecule has 0 N–H and O–H groups in total. The molecule has 1 aromatic heterocycles. The lowest BCUT2D eigenvalue weighted by Gasteiger charge is -2.16. The predicted octanol–water partition coefficient (Wildman–Crippen LogP) is 4.49. The monoisotopic (exact) mass is 339 g/mol. The lowest BCUT2D eigenvalue weighted by molar-refractivity contribution is 0.686. The van der Waals surface area contributed by atoms with Crippen LogP contribution in [0.3, 0.4) is 0 Å². The number of fused-ring (bicyclic) bond motifs is 1. The van der Waals surface area contributed by atoms with Gasteiger partial charge in [0.1, 0.15) is 0 Å². The Morgan fingerprint density at radius 1 is 1.19 bits per heavy atom. The smallest absolute Gasteiger partial charge is 0.182 e. The number of pyridine rings is 1. The van der Waals surface area contributed by atoms with Crippen LogP contribution in [-0.4, -0.2) is 10.3 Å². The topological polar surface area (TPSA) is 22.0 Å². The molecule has 0 spiro atoms. The molecule has 1 aliphatic rings. The van der Waals surface area contributed by atoms with Crippen LogP contribution in [0.25, 0.3) is 0 Å². The van der Waals surface area contributed by atoms with E-state index in [-0.39, 0.29) is 5.43 Å². The number of thioether (sulfide) groups is 1. The van der Waals surface area contributed by atoms with Crippen molar-refractivity contribution in [2.75, 3.05) is 5.75 Å². The van der Waals surface area contributed by atoms with E-state index in [0.717, 1.165) is 35.7 Å². The Bertz CT molecular complexity index is 742. The summed E-state index contributed by atoms with van der Waals surface area (Å²) in [4.78, 5) is 11.8. The molecule has 0 saturated carbocycles. The van der Waals surface area contributed by atoms with Gasteiger partial charge in [-0.05, 0) is 24.6 Å². The van der Waals surface area contributed by atoms with Crippen LogP contribution in [0.4, 0.5) is 0 Å². The van der Waals surface area contributed by atoms with Crippen molar-refractivity contribution in [2.45, 2.75) is 25.1 Å². The van der Waals surface area contributed by atoms with Gasteiger partial charge in [0.05, 0.1) is 10.0 Å². The second-order valence-electron chi connectivity index (χ2n) is 5.21. The van der Waals surface area contributed by atoms with E-state index in [1.54, 1.807) is 12.1 Å². The summed E-state index contributed by atoms with van der Waals surface area (Å²) in [5.74, 6) is 1.02. The zero-order valence-electron chi connectivity index (χ0n) is 11.6. The van der Waals surface area contributed by atoms with Crippen LogP contribution in [0, 0.1) is 6.92 Å². The Labute approximate surface area is 138 Å². The van der Waals surface area contributed by atoms with Gasteiger partial charge in [-0.3, -0.25) is 4.79 Å². The average molecular weight is 340 g/mol. The SMILES string of the molecule is Cc1cc(=O)cc2n1CCSC(c1ccc(Cl)c(Cl)c1)C2. The molecule has 5 heteroatoms. The molecule has 21 heavy (non-hydrogen) atoms. The van der Waals surface area contributed by atoms with Crippen LogP contribution in [0.5, 0.6) is 0 Å². The quantitative estimate of drug-likeness (QED) is 0.763. The molecule has 2 aromatic rings. The minimum Gasteiger partial charge on any atom is -0.348 e. The first-order chi connectivity index (χ1) is 10.0. The van der Waals surface area contributed by atoms with Gasteiger partial charge in [0.15, 0.2) is 5.43 Å². The third kappa shape index (κ3) is 3.15. The van der Waals surface area contributed by atoms with E-state index in [4.69, 9.17) is 23.2 Å². The molecular weight excluding hydrogens is 325 g/mol. The molecule has 2 heterocycles. The van der Waals surface area contributed by atoms with E-state index < -0.39 is 0 Å². The first-order valence-corrected chi connectivity index (χ1v) is 8.62. The molecule has 110 valence electrons. The summed E-state index contributed by atoms with van der Waals surface area (Å²) in [5, 5.41) is 1.46. The Morgan fingerprint density at radius 2 is 2.00 bits per heavy atom. The normalized spacial score (nSPS) is 18.1. The van der Waals surface area contributed by atoms with E-state index in [0.29, 0.717) is 15.3 Å². The van der Waals surface area contributed by atoms with E-state index in [1.165, 1.54) is 0 Å². The van der Waals surface area contributed by atoms with Gasteiger partial charge in [0.2, 0.25) is 0 Å². The lowest BCUT2D eigenvalue weighted by atomic mass is 10.1. The van der Waals surface area contributed by atoms with E-state index in [1.807, 2.05) is 36.9 Å². The highest BCUT2D eigenvalue weighted by Gasteiger charge is 2.20. The minimum absolute atomic E-state index is 0.0820. The number of hydrogen-bond donors (Lipinski definition) is 0. The number of nitrogens with zero attached hydrogens (tertiary/aromatic N) is 1. The van der Waals surface area contributed by atoms with Crippen molar-refractivity contribution in [1.82, 2.24) is 4.57 Å². The Balaban J connectivity index is 1.98. The molecule has 0 bridgehead atoms. The van der Waals surface area contributed by atoms with Crippen molar-refractivity contribution >= 4 is 35.0 Å². The first-order valence-electron chi connectivity index (χ1n) is 6.81. The number of benzene rings is 1. The van der Waals surface area contributed by atoms with Crippen LogP contribution in [0.15, 0.2) is 35.1 Å². The van der Waals surface area contributed by atoms with Gasteiger partial charge in [-0.25, -0.2) is 0 Å². The standard InChI is InChI=1S/C16H15Cl2NOS/c1-10-6-13(20)8-12-9-16(21-5-4-19(10)12)11-2-3-14(17)15(18)7-11/h2-3,6-8,16H,4-5,9H2,1H3. The first kappa shape index (κ1) is 15.0. The molecule has 2 nitrogen and oxygen atoms in total. The Kier molecular flexibility index (Phi) is 4.34. The third-order valence-corrected chi connectivity index (χ3v) is 5.77. The summed E-state index contributed by atoms with van der Waals surface area (Å²) in [5.41, 5.74) is 3.38. The van der Waals surface area contributed by atoms with Crippen LogP contribution in [0.1, 0.15) is 22.2 Å². The molecule has 1 aliphatic heterocycles. The van der Waals surface area contributed by atoms with Crippen molar-refractivity contribution in [3.8, 4) is 0 Å². The van der Waals surface area contributed by atoms with Gasteiger partial charge in [-0.15, -0.1) is 0 Å². The lowest BCUT2D eigenvalue weighted by Crippen LogP contribution is -2.15. The number of aromatic nitrogens is 1. The summed E-state index contributed by atoms with van der Waals surface area (Å²) in [6.45, 7) is 2.93. The Hall–Kier alpha value is -0.900. The molecule has 0 aliphatic carbocycles. The maximum Gasteiger partial charge on any atom is 0.182 e. The van der Waals surface area contributed by atoms with Crippen molar-refractivity contribution < 1.29 is 0 Å². The molecule has 3 rings (SSSR count). The number of rotatable bonds is 1. The molecular formula is C16H15Cl2NOS. The molecule has 0 fully saturated rings. The predicted molar refractivity (Wildman–Crippen MR) is 90.8 cm³/mol. The van der Waals surface area contributed by atoms with E-state index in [2.05, 4.69) is 4.57 Å². The fourth-order valence-electron chi connectivity index (χ4n) is 2.75. The fourth-order valence-corrected chi connectivity index (χ4v) is 4.25. The summed E-state index contributed by atoms with van der Waals surface area (Å²) in [6.07, 6.45) is 0.833. The van der Waals surface area contributed by atoms with Crippen molar-refractivity contribution in [3.63, 3.8) is 0 Å². The summed E-state index contributed by atoms with van der Waals surface area (Å²) < 4.78 is 2.24. The van der Waals surface area contributed by atoms with Gasteiger partial charge >= 0.3 is 0 Å². The summed E-state index contributed by atoms with van der Waals surface area (Å²) in [6, 6.07) is 9.26. The molecule has 1 atom stereocenters. The van der Waals surface area contributed by atoms with Gasteiger partial charge in [0, 0.05) is 47.5 Å². The largest absolute Gasteiger partial charge is 0.348 e. The highest BCUT2D eigenvalue weighted by molar-refractivity contribution is 7.99.